The molecular formula is C14H18F2N2OS. The van der Waals surface area contributed by atoms with Crippen LogP contribution in [0.2, 0.25) is 0 Å². The number of halogens is 2. The Morgan fingerprint density at radius 1 is 1.35 bits per heavy atom. The largest absolute Gasteiger partial charge is 0.342 e. The molecule has 0 unspecified atom stereocenters. The number of rotatable bonds is 4. The summed E-state index contributed by atoms with van der Waals surface area (Å²) in [5, 5.41) is 3.26. The second kappa shape index (κ2) is 7.04. The van der Waals surface area contributed by atoms with E-state index in [-0.39, 0.29) is 17.7 Å². The van der Waals surface area contributed by atoms with Crippen LogP contribution in [-0.2, 0) is 4.79 Å². The van der Waals surface area contributed by atoms with Gasteiger partial charge in [0.2, 0.25) is 5.91 Å². The highest BCUT2D eigenvalue weighted by Crippen LogP contribution is 2.21. The molecule has 0 bridgehead atoms. The fourth-order valence-electron chi connectivity index (χ4n) is 2.21. The summed E-state index contributed by atoms with van der Waals surface area (Å²) in [5.74, 6) is -1.49. The predicted octanol–water partition coefficient (Wildman–Crippen LogP) is 2.27. The summed E-state index contributed by atoms with van der Waals surface area (Å²) in [6, 6.07) is 3.96. The van der Waals surface area contributed by atoms with Crippen LogP contribution in [0.5, 0.6) is 0 Å². The molecule has 1 heterocycles. The maximum atomic E-state index is 13.1. The normalized spacial score (nSPS) is 16.1. The van der Waals surface area contributed by atoms with E-state index >= 15 is 0 Å². The third kappa shape index (κ3) is 3.93. The Labute approximate surface area is 121 Å². The van der Waals surface area contributed by atoms with E-state index in [4.69, 9.17) is 0 Å². The first-order chi connectivity index (χ1) is 9.58. The van der Waals surface area contributed by atoms with Crippen molar-refractivity contribution in [2.24, 2.45) is 0 Å². The van der Waals surface area contributed by atoms with E-state index in [1.807, 2.05) is 7.05 Å². The molecule has 1 saturated heterocycles. The number of thioether (sulfide) groups is 1. The summed E-state index contributed by atoms with van der Waals surface area (Å²) in [6.07, 6.45) is 1.91. The van der Waals surface area contributed by atoms with E-state index in [2.05, 4.69) is 5.32 Å². The lowest BCUT2D eigenvalue weighted by molar-refractivity contribution is -0.129. The molecule has 0 saturated carbocycles. The molecule has 3 nitrogen and oxygen atoms in total. The number of carbonyl (C=O) groups is 1. The molecular weight excluding hydrogens is 282 g/mol. The Bertz CT molecular complexity index is 478. The molecule has 1 amide bonds. The average molecular weight is 300 g/mol. The molecule has 0 aliphatic carbocycles. The van der Waals surface area contributed by atoms with E-state index < -0.39 is 11.6 Å². The standard InChI is InChI=1S/C14H18F2N2OS/c1-18(10-4-6-17-7-5-10)14(19)9-20-11-2-3-12(15)13(16)8-11/h2-3,8,10,17H,4-7,9H2,1H3. The van der Waals surface area contributed by atoms with Gasteiger partial charge in [-0.15, -0.1) is 11.8 Å². The zero-order chi connectivity index (χ0) is 14.5. The minimum absolute atomic E-state index is 0.0200. The monoisotopic (exact) mass is 300 g/mol. The van der Waals surface area contributed by atoms with Gasteiger partial charge in [-0.1, -0.05) is 0 Å². The third-order valence-corrected chi connectivity index (χ3v) is 4.48. The smallest absolute Gasteiger partial charge is 0.232 e. The van der Waals surface area contributed by atoms with E-state index in [1.165, 1.54) is 17.8 Å². The van der Waals surface area contributed by atoms with Gasteiger partial charge in [0.1, 0.15) is 0 Å². The third-order valence-electron chi connectivity index (χ3n) is 3.50. The highest BCUT2D eigenvalue weighted by molar-refractivity contribution is 8.00. The van der Waals surface area contributed by atoms with Gasteiger partial charge in [-0.25, -0.2) is 8.78 Å². The Balaban J connectivity index is 1.86. The Morgan fingerprint density at radius 2 is 2.05 bits per heavy atom. The van der Waals surface area contributed by atoms with Crippen LogP contribution in [0, 0.1) is 11.6 Å². The summed E-state index contributed by atoms with van der Waals surface area (Å²) in [5.41, 5.74) is 0. The van der Waals surface area contributed by atoms with Gasteiger partial charge in [-0.05, 0) is 44.1 Å². The van der Waals surface area contributed by atoms with Gasteiger partial charge in [0.05, 0.1) is 5.75 Å². The van der Waals surface area contributed by atoms with Gasteiger partial charge in [-0.2, -0.15) is 0 Å². The SMILES string of the molecule is CN(C(=O)CSc1ccc(F)c(F)c1)C1CCNCC1. The molecule has 1 fully saturated rings. The number of piperidine rings is 1. The van der Waals surface area contributed by atoms with Crippen LogP contribution >= 0.6 is 11.8 Å². The Kier molecular flexibility index (Phi) is 5.37. The summed E-state index contributed by atoms with van der Waals surface area (Å²) in [7, 11) is 1.81. The zero-order valence-electron chi connectivity index (χ0n) is 11.4. The van der Waals surface area contributed by atoms with E-state index in [9.17, 15) is 13.6 Å². The van der Waals surface area contributed by atoms with Gasteiger partial charge in [0.15, 0.2) is 11.6 Å². The summed E-state index contributed by atoms with van der Waals surface area (Å²) >= 11 is 1.23. The first-order valence-corrected chi connectivity index (χ1v) is 7.60. The highest BCUT2D eigenvalue weighted by atomic mass is 32.2. The van der Waals surface area contributed by atoms with Crippen LogP contribution in [-0.4, -0.2) is 42.7 Å². The van der Waals surface area contributed by atoms with Crippen LogP contribution in [0.1, 0.15) is 12.8 Å². The minimum atomic E-state index is -0.880. The number of benzene rings is 1. The molecule has 1 aliphatic heterocycles. The quantitative estimate of drug-likeness (QED) is 0.866. The zero-order valence-corrected chi connectivity index (χ0v) is 12.2. The van der Waals surface area contributed by atoms with Crippen molar-refractivity contribution in [3.63, 3.8) is 0 Å². The molecule has 0 spiro atoms. The number of hydrogen-bond acceptors (Lipinski definition) is 3. The van der Waals surface area contributed by atoms with Crippen LogP contribution in [0.25, 0.3) is 0 Å². The molecule has 0 aromatic heterocycles. The van der Waals surface area contributed by atoms with E-state index in [0.29, 0.717) is 4.90 Å². The molecule has 1 N–H and O–H groups in total. The van der Waals surface area contributed by atoms with Gasteiger partial charge >= 0.3 is 0 Å². The summed E-state index contributed by atoms with van der Waals surface area (Å²) in [6.45, 7) is 1.86. The molecule has 6 heteroatoms. The van der Waals surface area contributed by atoms with E-state index in [1.54, 1.807) is 4.90 Å². The Hall–Kier alpha value is -1.14. The number of carbonyl (C=O) groups excluding carboxylic acids is 1. The van der Waals surface area contributed by atoms with Crippen molar-refractivity contribution in [3.8, 4) is 0 Å². The molecule has 0 atom stereocenters. The first kappa shape index (κ1) is 15.3. The van der Waals surface area contributed by atoms with Crippen molar-refractivity contribution >= 4 is 17.7 Å². The van der Waals surface area contributed by atoms with E-state index in [0.717, 1.165) is 38.1 Å². The Morgan fingerprint density at radius 3 is 2.70 bits per heavy atom. The molecule has 1 aromatic rings. The second-order valence-electron chi connectivity index (χ2n) is 4.85. The maximum absolute atomic E-state index is 13.1. The molecule has 110 valence electrons. The lowest BCUT2D eigenvalue weighted by atomic mass is 10.1. The number of amides is 1. The molecule has 1 aromatic carbocycles. The average Bonchev–Trinajstić information content (AvgIpc) is 2.48. The molecule has 0 radical (unpaired) electrons. The van der Waals surface area contributed by atoms with Gasteiger partial charge < -0.3 is 10.2 Å². The van der Waals surface area contributed by atoms with Crippen molar-refractivity contribution in [2.75, 3.05) is 25.9 Å². The summed E-state index contributed by atoms with van der Waals surface area (Å²) < 4.78 is 25.9. The van der Waals surface area contributed by atoms with Crippen molar-refractivity contribution in [3.05, 3.63) is 29.8 Å². The van der Waals surface area contributed by atoms with Crippen LogP contribution in [0.3, 0.4) is 0 Å². The molecule has 1 aliphatic rings. The van der Waals surface area contributed by atoms with Crippen LogP contribution < -0.4 is 5.32 Å². The van der Waals surface area contributed by atoms with Crippen molar-refractivity contribution in [2.45, 2.75) is 23.8 Å². The van der Waals surface area contributed by atoms with Gasteiger partial charge in [-0.3, -0.25) is 4.79 Å². The number of nitrogens with one attached hydrogen (secondary N) is 1. The topological polar surface area (TPSA) is 32.3 Å². The van der Waals surface area contributed by atoms with Crippen molar-refractivity contribution < 1.29 is 13.6 Å². The number of nitrogens with zero attached hydrogens (tertiary/aromatic N) is 1. The van der Waals surface area contributed by atoms with Crippen molar-refractivity contribution in [1.29, 1.82) is 0 Å². The molecule has 2 rings (SSSR count). The van der Waals surface area contributed by atoms with Gasteiger partial charge in [0, 0.05) is 18.0 Å². The lowest BCUT2D eigenvalue weighted by Gasteiger charge is -2.31. The first-order valence-electron chi connectivity index (χ1n) is 6.62. The fourth-order valence-corrected chi connectivity index (χ4v) is 3.06. The lowest BCUT2D eigenvalue weighted by Crippen LogP contribution is -2.44. The maximum Gasteiger partial charge on any atom is 0.232 e. The van der Waals surface area contributed by atoms with Crippen LogP contribution in [0.4, 0.5) is 8.78 Å². The summed E-state index contributed by atoms with van der Waals surface area (Å²) in [4.78, 5) is 14.4. The fraction of sp³-hybridized carbons (Fsp3) is 0.500. The van der Waals surface area contributed by atoms with Crippen LogP contribution in [0.15, 0.2) is 23.1 Å². The predicted molar refractivity (Wildman–Crippen MR) is 75.7 cm³/mol. The van der Waals surface area contributed by atoms with Gasteiger partial charge in [0.25, 0.3) is 0 Å². The molecule has 20 heavy (non-hydrogen) atoms. The van der Waals surface area contributed by atoms with Crippen molar-refractivity contribution in [1.82, 2.24) is 10.2 Å². The number of hydrogen-bond donors (Lipinski definition) is 1. The minimum Gasteiger partial charge on any atom is -0.342 e. The second-order valence-corrected chi connectivity index (χ2v) is 5.90. The highest BCUT2D eigenvalue weighted by Gasteiger charge is 2.21.